The average Bonchev–Trinajstić information content (AvgIpc) is 2.68. The minimum atomic E-state index is -0.427. The van der Waals surface area contributed by atoms with E-state index in [9.17, 15) is 14.4 Å². The Hall–Kier alpha value is -1.69. The SMILES string of the molecule is CCc1cc(C(=O)N2CC(=O)NC(=O)C2)sc1C. The monoisotopic (exact) mass is 266 g/mol. The van der Waals surface area contributed by atoms with Crippen LogP contribution in [0.5, 0.6) is 0 Å². The summed E-state index contributed by atoms with van der Waals surface area (Å²) in [7, 11) is 0. The number of piperazine rings is 1. The molecule has 0 saturated carbocycles. The molecule has 1 aliphatic heterocycles. The number of rotatable bonds is 2. The zero-order chi connectivity index (χ0) is 13.3. The summed E-state index contributed by atoms with van der Waals surface area (Å²) in [6.45, 7) is 3.89. The quantitative estimate of drug-likeness (QED) is 0.802. The number of nitrogens with zero attached hydrogens (tertiary/aromatic N) is 1. The van der Waals surface area contributed by atoms with E-state index in [1.54, 1.807) is 0 Å². The van der Waals surface area contributed by atoms with Crippen LogP contribution in [0.25, 0.3) is 0 Å². The number of nitrogens with one attached hydrogen (secondary N) is 1. The largest absolute Gasteiger partial charge is 0.319 e. The molecule has 1 aliphatic rings. The first-order valence-electron chi connectivity index (χ1n) is 5.72. The maximum Gasteiger partial charge on any atom is 0.264 e. The molecular formula is C12H14N2O3S. The van der Waals surface area contributed by atoms with Crippen LogP contribution in [0.2, 0.25) is 0 Å². The van der Waals surface area contributed by atoms with Gasteiger partial charge in [-0.1, -0.05) is 6.92 Å². The van der Waals surface area contributed by atoms with Gasteiger partial charge in [0.2, 0.25) is 11.8 Å². The van der Waals surface area contributed by atoms with Gasteiger partial charge >= 0.3 is 0 Å². The van der Waals surface area contributed by atoms with Gasteiger partial charge < -0.3 is 4.90 Å². The molecule has 3 amide bonds. The number of aryl methyl sites for hydroxylation is 2. The molecule has 1 aromatic heterocycles. The van der Waals surface area contributed by atoms with Crippen LogP contribution in [0.1, 0.15) is 27.0 Å². The smallest absolute Gasteiger partial charge is 0.264 e. The van der Waals surface area contributed by atoms with E-state index in [0.29, 0.717) is 4.88 Å². The minimum absolute atomic E-state index is 0.0526. The molecule has 0 aromatic carbocycles. The molecule has 2 heterocycles. The highest BCUT2D eigenvalue weighted by molar-refractivity contribution is 7.14. The topological polar surface area (TPSA) is 66.5 Å². The highest BCUT2D eigenvalue weighted by Crippen LogP contribution is 2.23. The molecule has 1 fully saturated rings. The van der Waals surface area contributed by atoms with Crippen molar-refractivity contribution in [3.8, 4) is 0 Å². The van der Waals surface area contributed by atoms with Crippen LogP contribution in [0.4, 0.5) is 0 Å². The molecule has 18 heavy (non-hydrogen) atoms. The predicted octanol–water partition coefficient (Wildman–Crippen LogP) is 0.718. The van der Waals surface area contributed by atoms with E-state index in [-0.39, 0.29) is 19.0 Å². The van der Waals surface area contributed by atoms with E-state index >= 15 is 0 Å². The van der Waals surface area contributed by atoms with E-state index in [0.717, 1.165) is 16.9 Å². The van der Waals surface area contributed by atoms with Gasteiger partial charge in [-0.3, -0.25) is 19.7 Å². The lowest BCUT2D eigenvalue weighted by Crippen LogP contribution is -2.53. The summed E-state index contributed by atoms with van der Waals surface area (Å²) >= 11 is 1.41. The summed E-state index contributed by atoms with van der Waals surface area (Å²) in [4.78, 5) is 37.6. The van der Waals surface area contributed by atoms with Crippen molar-refractivity contribution in [1.29, 1.82) is 0 Å². The molecule has 6 heteroatoms. The van der Waals surface area contributed by atoms with Crippen molar-refractivity contribution in [2.45, 2.75) is 20.3 Å². The summed E-state index contributed by atoms with van der Waals surface area (Å²) in [6, 6.07) is 1.85. The van der Waals surface area contributed by atoms with Crippen molar-refractivity contribution in [2.24, 2.45) is 0 Å². The Morgan fingerprint density at radius 2 is 2.00 bits per heavy atom. The van der Waals surface area contributed by atoms with Crippen LogP contribution >= 0.6 is 11.3 Å². The van der Waals surface area contributed by atoms with E-state index < -0.39 is 11.8 Å². The highest BCUT2D eigenvalue weighted by Gasteiger charge is 2.28. The summed E-state index contributed by atoms with van der Waals surface area (Å²) in [5, 5.41) is 2.17. The summed E-state index contributed by atoms with van der Waals surface area (Å²) in [5.41, 5.74) is 1.14. The summed E-state index contributed by atoms with van der Waals surface area (Å²) < 4.78 is 0. The van der Waals surface area contributed by atoms with E-state index in [2.05, 4.69) is 5.32 Å². The number of hydrogen-bond acceptors (Lipinski definition) is 4. The molecule has 1 aromatic rings. The van der Waals surface area contributed by atoms with Crippen molar-refractivity contribution in [2.75, 3.05) is 13.1 Å². The summed E-state index contributed by atoms with van der Waals surface area (Å²) in [6.07, 6.45) is 0.870. The second-order valence-corrected chi connectivity index (χ2v) is 5.43. The standard InChI is InChI=1S/C12H14N2O3S/c1-3-8-4-9(18-7(8)2)12(17)14-5-10(15)13-11(16)6-14/h4H,3,5-6H2,1-2H3,(H,13,15,16). The number of imide groups is 1. The predicted molar refractivity (Wildman–Crippen MR) is 67.5 cm³/mol. The molecular weight excluding hydrogens is 252 g/mol. The molecule has 0 spiro atoms. The van der Waals surface area contributed by atoms with Gasteiger partial charge in [-0.25, -0.2) is 0 Å². The number of hydrogen-bond donors (Lipinski definition) is 1. The molecule has 1 N–H and O–H groups in total. The van der Waals surface area contributed by atoms with Crippen molar-refractivity contribution < 1.29 is 14.4 Å². The summed E-state index contributed by atoms with van der Waals surface area (Å²) in [5.74, 6) is -1.10. The van der Waals surface area contributed by atoms with Gasteiger partial charge in [0, 0.05) is 4.88 Å². The fraction of sp³-hybridized carbons (Fsp3) is 0.417. The van der Waals surface area contributed by atoms with Gasteiger partial charge in [-0.2, -0.15) is 0 Å². The second-order valence-electron chi connectivity index (χ2n) is 4.18. The molecule has 96 valence electrons. The molecule has 1 saturated heterocycles. The minimum Gasteiger partial charge on any atom is -0.319 e. The zero-order valence-corrected chi connectivity index (χ0v) is 11.1. The van der Waals surface area contributed by atoms with E-state index in [1.807, 2.05) is 19.9 Å². The van der Waals surface area contributed by atoms with E-state index in [4.69, 9.17) is 0 Å². The highest BCUT2D eigenvalue weighted by atomic mass is 32.1. The number of amides is 3. The van der Waals surface area contributed by atoms with Gasteiger partial charge in [0.05, 0.1) is 4.88 Å². The molecule has 0 unspecified atom stereocenters. The third-order valence-corrected chi connectivity index (χ3v) is 3.93. The maximum atomic E-state index is 12.2. The lowest BCUT2D eigenvalue weighted by molar-refractivity contribution is -0.135. The van der Waals surface area contributed by atoms with Crippen molar-refractivity contribution in [3.63, 3.8) is 0 Å². The first kappa shape index (κ1) is 12.8. The number of thiophene rings is 1. The van der Waals surface area contributed by atoms with Gasteiger partial charge in [0.25, 0.3) is 5.91 Å². The van der Waals surface area contributed by atoms with Crippen molar-refractivity contribution in [3.05, 3.63) is 21.4 Å². The van der Waals surface area contributed by atoms with Gasteiger partial charge in [0.1, 0.15) is 13.1 Å². The molecule has 2 rings (SSSR count). The molecule has 5 nitrogen and oxygen atoms in total. The molecule has 0 aliphatic carbocycles. The van der Waals surface area contributed by atoms with Crippen molar-refractivity contribution in [1.82, 2.24) is 10.2 Å². The Bertz CT molecular complexity index is 505. The Kier molecular flexibility index (Phi) is 3.47. The molecule has 0 atom stereocenters. The molecule has 0 radical (unpaired) electrons. The van der Waals surface area contributed by atoms with E-state index in [1.165, 1.54) is 16.2 Å². The van der Waals surface area contributed by atoms with Crippen LogP contribution in [-0.4, -0.2) is 35.7 Å². The number of carbonyl (C=O) groups is 3. The number of carbonyl (C=O) groups excluding carboxylic acids is 3. The third kappa shape index (κ3) is 2.43. The van der Waals surface area contributed by atoms with Crippen molar-refractivity contribution >= 4 is 29.1 Å². The van der Waals surface area contributed by atoms with Gasteiger partial charge in [0.15, 0.2) is 0 Å². The van der Waals surface area contributed by atoms with Gasteiger partial charge in [-0.15, -0.1) is 11.3 Å². The third-order valence-electron chi connectivity index (χ3n) is 2.85. The molecule has 0 bridgehead atoms. The van der Waals surface area contributed by atoms with Crippen LogP contribution < -0.4 is 5.32 Å². The Balaban J connectivity index is 2.19. The lowest BCUT2D eigenvalue weighted by Gasteiger charge is -2.24. The Labute approximate surface area is 109 Å². The van der Waals surface area contributed by atoms with Crippen LogP contribution in [0.3, 0.4) is 0 Å². The lowest BCUT2D eigenvalue weighted by atomic mass is 10.2. The van der Waals surface area contributed by atoms with Crippen LogP contribution in [-0.2, 0) is 16.0 Å². The average molecular weight is 266 g/mol. The van der Waals surface area contributed by atoms with Crippen LogP contribution in [0.15, 0.2) is 6.07 Å². The fourth-order valence-electron chi connectivity index (χ4n) is 1.91. The maximum absolute atomic E-state index is 12.2. The fourth-order valence-corrected chi connectivity index (χ4v) is 2.99. The van der Waals surface area contributed by atoms with Crippen LogP contribution in [0, 0.1) is 6.92 Å². The van der Waals surface area contributed by atoms with Gasteiger partial charge in [-0.05, 0) is 25.0 Å². The zero-order valence-electron chi connectivity index (χ0n) is 10.3. The normalized spacial score (nSPS) is 15.8. The first-order valence-corrected chi connectivity index (χ1v) is 6.54. The Morgan fingerprint density at radius 3 is 2.50 bits per heavy atom. The first-order chi connectivity index (χ1) is 8.51. The Morgan fingerprint density at radius 1 is 1.39 bits per heavy atom. The second kappa shape index (κ2) is 4.89.